The molecule has 1 aliphatic rings. The molecule has 1 aromatic carbocycles. The number of ether oxygens (including phenoxy) is 1. The van der Waals surface area contributed by atoms with Crippen molar-refractivity contribution in [1.29, 1.82) is 0 Å². The van der Waals surface area contributed by atoms with E-state index in [1.165, 1.54) is 4.90 Å². The highest BCUT2D eigenvalue weighted by molar-refractivity contribution is 6.05. The van der Waals surface area contributed by atoms with Gasteiger partial charge in [0.05, 0.1) is 6.61 Å². The van der Waals surface area contributed by atoms with Crippen LogP contribution in [0.15, 0.2) is 18.2 Å². The second kappa shape index (κ2) is 5.71. The van der Waals surface area contributed by atoms with Gasteiger partial charge in [0.15, 0.2) is 0 Å². The highest BCUT2D eigenvalue weighted by atomic mass is 16.5. The van der Waals surface area contributed by atoms with E-state index in [4.69, 9.17) is 9.84 Å². The minimum absolute atomic E-state index is 0.0442. The zero-order chi connectivity index (χ0) is 13.8. The summed E-state index contributed by atoms with van der Waals surface area (Å²) in [4.78, 5) is 24.4. The molecule has 2 rings (SSSR count). The largest absolute Gasteiger partial charge is 0.491 e. The summed E-state index contributed by atoms with van der Waals surface area (Å²) in [5.74, 6) is 0.394. The number of hydrogen-bond donors (Lipinski definition) is 2. The number of urea groups is 1. The highest BCUT2D eigenvalue weighted by Gasteiger charge is 2.25. The second-order valence-corrected chi connectivity index (χ2v) is 4.28. The predicted octanol–water partition coefficient (Wildman–Crippen LogP) is 0.812. The SMILES string of the molecule is Cc1cc(OCCO)ccc1N1CCC(=O)NC1=O. The van der Waals surface area contributed by atoms with E-state index >= 15 is 0 Å². The average molecular weight is 264 g/mol. The monoisotopic (exact) mass is 264 g/mol. The molecule has 1 heterocycles. The van der Waals surface area contributed by atoms with E-state index < -0.39 is 6.03 Å². The zero-order valence-corrected chi connectivity index (χ0v) is 10.7. The van der Waals surface area contributed by atoms with Gasteiger partial charge in [0.2, 0.25) is 5.91 Å². The van der Waals surface area contributed by atoms with Crippen molar-refractivity contribution in [3.05, 3.63) is 23.8 Å². The minimum atomic E-state index is -0.400. The van der Waals surface area contributed by atoms with Crippen molar-refractivity contribution in [3.63, 3.8) is 0 Å². The van der Waals surface area contributed by atoms with Crippen molar-refractivity contribution in [2.24, 2.45) is 0 Å². The Kier molecular flexibility index (Phi) is 4.01. The lowest BCUT2D eigenvalue weighted by Crippen LogP contribution is -2.49. The molecule has 19 heavy (non-hydrogen) atoms. The van der Waals surface area contributed by atoms with Crippen LogP contribution in [0.2, 0.25) is 0 Å². The number of benzene rings is 1. The maximum Gasteiger partial charge on any atom is 0.328 e. The lowest BCUT2D eigenvalue weighted by atomic mass is 10.1. The fraction of sp³-hybridized carbons (Fsp3) is 0.385. The van der Waals surface area contributed by atoms with Crippen LogP contribution in [-0.4, -0.2) is 36.8 Å². The van der Waals surface area contributed by atoms with Gasteiger partial charge in [-0.15, -0.1) is 0 Å². The van der Waals surface area contributed by atoms with Crippen molar-refractivity contribution in [2.75, 3.05) is 24.7 Å². The predicted molar refractivity (Wildman–Crippen MR) is 69.3 cm³/mol. The van der Waals surface area contributed by atoms with Crippen LogP contribution in [0, 0.1) is 6.92 Å². The summed E-state index contributed by atoms with van der Waals surface area (Å²) in [6.07, 6.45) is 0.300. The van der Waals surface area contributed by atoms with E-state index in [0.29, 0.717) is 18.7 Å². The third-order valence-corrected chi connectivity index (χ3v) is 2.87. The Morgan fingerprint density at radius 3 is 2.84 bits per heavy atom. The summed E-state index contributed by atoms with van der Waals surface area (Å²) in [6.45, 7) is 2.43. The lowest BCUT2D eigenvalue weighted by molar-refractivity contribution is -0.120. The first-order valence-corrected chi connectivity index (χ1v) is 6.07. The quantitative estimate of drug-likeness (QED) is 0.843. The van der Waals surface area contributed by atoms with E-state index in [0.717, 1.165) is 11.3 Å². The van der Waals surface area contributed by atoms with Gasteiger partial charge < -0.3 is 9.84 Å². The molecule has 1 saturated heterocycles. The Morgan fingerprint density at radius 2 is 2.21 bits per heavy atom. The molecule has 1 aromatic rings. The molecule has 1 aliphatic heterocycles. The molecule has 0 aromatic heterocycles. The molecule has 0 atom stereocenters. The Hall–Kier alpha value is -2.08. The Labute approximate surface area is 111 Å². The molecule has 0 bridgehead atoms. The molecule has 102 valence electrons. The highest BCUT2D eigenvalue weighted by Crippen LogP contribution is 2.26. The second-order valence-electron chi connectivity index (χ2n) is 4.28. The molecule has 6 heteroatoms. The molecular formula is C13H16N2O4. The van der Waals surface area contributed by atoms with Crippen molar-refractivity contribution in [2.45, 2.75) is 13.3 Å². The number of nitrogens with one attached hydrogen (secondary N) is 1. The number of imide groups is 1. The molecule has 0 spiro atoms. The average Bonchev–Trinajstić information content (AvgIpc) is 2.37. The summed E-state index contributed by atoms with van der Waals surface area (Å²) < 4.78 is 5.30. The van der Waals surface area contributed by atoms with Gasteiger partial charge in [0.1, 0.15) is 12.4 Å². The zero-order valence-electron chi connectivity index (χ0n) is 10.7. The van der Waals surface area contributed by atoms with Gasteiger partial charge in [-0.25, -0.2) is 4.79 Å². The fourth-order valence-electron chi connectivity index (χ4n) is 1.98. The first-order chi connectivity index (χ1) is 9.11. The molecular weight excluding hydrogens is 248 g/mol. The molecule has 0 aliphatic carbocycles. The van der Waals surface area contributed by atoms with Gasteiger partial charge in [0.25, 0.3) is 0 Å². The lowest BCUT2D eigenvalue weighted by Gasteiger charge is -2.28. The number of aliphatic hydroxyl groups excluding tert-OH is 1. The molecule has 6 nitrogen and oxygen atoms in total. The van der Waals surface area contributed by atoms with Crippen molar-refractivity contribution >= 4 is 17.6 Å². The number of carbonyl (C=O) groups is 2. The smallest absolute Gasteiger partial charge is 0.328 e. The molecule has 1 fully saturated rings. The summed E-state index contributed by atoms with van der Waals surface area (Å²) in [5.41, 5.74) is 1.63. The number of hydrogen-bond acceptors (Lipinski definition) is 4. The van der Waals surface area contributed by atoms with Gasteiger partial charge in [-0.05, 0) is 30.7 Å². The number of carbonyl (C=O) groups excluding carboxylic acids is 2. The van der Waals surface area contributed by atoms with Gasteiger partial charge in [-0.1, -0.05) is 0 Å². The van der Waals surface area contributed by atoms with Crippen LogP contribution in [0.4, 0.5) is 10.5 Å². The van der Waals surface area contributed by atoms with E-state index in [2.05, 4.69) is 5.32 Å². The number of aliphatic hydroxyl groups is 1. The van der Waals surface area contributed by atoms with Gasteiger partial charge in [-0.3, -0.25) is 15.0 Å². The van der Waals surface area contributed by atoms with E-state index in [-0.39, 0.29) is 19.1 Å². The van der Waals surface area contributed by atoms with Gasteiger partial charge in [-0.2, -0.15) is 0 Å². The van der Waals surface area contributed by atoms with Crippen molar-refractivity contribution in [3.8, 4) is 5.75 Å². The van der Waals surface area contributed by atoms with Crippen LogP contribution >= 0.6 is 0 Å². The van der Waals surface area contributed by atoms with Crippen LogP contribution in [0.3, 0.4) is 0 Å². The number of anilines is 1. The Balaban J connectivity index is 2.16. The summed E-state index contributed by atoms with van der Waals surface area (Å²) in [6, 6.07) is 4.91. The molecule has 0 unspecified atom stereocenters. The number of amides is 3. The molecule has 0 radical (unpaired) electrons. The normalized spacial score (nSPS) is 15.4. The molecule has 0 saturated carbocycles. The van der Waals surface area contributed by atoms with Crippen molar-refractivity contribution in [1.82, 2.24) is 5.32 Å². The maximum atomic E-state index is 11.7. The standard InChI is InChI=1S/C13H16N2O4/c1-9-8-10(19-7-6-16)2-3-11(9)15-5-4-12(17)14-13(15)18/h2-3,8,16H,4-7H2,1H3,(H,14,17,18). The Morgan fingerprint density at radius 1 is 1.42 bits per heavy atom. The summed E-state index contributed by atoms with van der Waals surface area (Å²) >= 11 is 0. The third-order valence-electron chi connectivity index (χ3n) is 2.87. The van der Waals surface area contributed by atoms with E-state index in [1.54, 1.807) is 18.2 Å². The van der Waals surface area contributed by atoms with Crippen LogP contribution in [0.25, 0.3) is 0 Å². The first kappa shape index (κ1) is 13.4. The maximum absolute atomic E-state index is 11.7. The van der Waals surface area contributed by atoms with Crippen LogP contribution in [0.5, 0.6) is 5.75 Å². The van der Waals surface area contributed by atoms with Crippen LogP contribution in [0.1, 0.15) is 12.0 Å². The summed E-state index contributed by atoms with van der Waals surface area (Å²) in [5, 5.41) is 11.0. The third kappa shape index (κ3) is 3.03. The van der Waals surface area contributed by atoms with Crippen LogP contribution in [-0.2, 0) is 4.79 Å². The summed E-state index contributed by atoms with van der Waals surface area (Å²) in [7, 11) is 0. The first-order valence-electron chi connectivity index (χ1n) is 6.07. The van der Waals surface area contributed by atoms with Crippen molar-refractivity contribution < 1.29 is 19.4 Å². The van der Waals surface area contributed by atoms with Gasteiger partial charge in [0, 0.05) is 18.7 Å². The molecule has 2 N–H and O–H groups in total. The topological polar surface area (TPSA) is 78.9 Å². The van der Waals surface area contributed by atoms with Gasteiger partial charge >= 0.3 is 6.03 Å². The number of rotatable bonds is 4. The Bertz CT molecular complexity index is 501. The minimum Gasteiger partial charge on any atom is -0.491 e. The van der Waals surface area contributed by atoms with E-state index in [9.17, 15) is 9.59 Å². The number of nitrogens with zero attached hydrogens (tertiary/aromatic N) is 1. The van der Waals surface area contributed by atoms with Crippen LogP contribution < -0.4 is 15.0 Å². The fourth-order valence-corrected chi connectivity index (χ4v) is 1.98. The van der Waals surface area contributed by atoms with E-state index in [1.807, 2.05) is 6.92 Å². The molecule has 3 amide bonds. The number of aryl methyl sites for hydroxylation is 1.